The summed E-state index contributed by atoms with van der Waals surface area (Å²) in [6.07, 6.45) is 1.08. The second kappa shape index (κ2) is 17.2. The first-order valence-electron chi connectivity index (χ1n) is 16.2. The van der Waals surface area contributed by atoms with Crippen LogP contribution in [0.25, 0.3) is 0 Å². The minimum absolute atomic E-state index is 1.01. The van der Waals surface area contributed by atoms with Gasteiger partial charge in [-0.2, -0.15) is 0 Å². The lowest BCUT2D eigenvalue weighted by Crippen LogP contribution is -2.64. The Bertz CT molecular complexity index is 797. The Kier molecular flexibility index (Phi) is 18.6. The van der Waals surface area contributed by atoms with Crippen molar-refractivity contribution < 1.29 is 37.0 Å². The third kappa shape index (κ3) is 24.4. The summed E-state index contributed by atoms with van der Waals surface area (Å²) >= 11 is 0. The fourth-order valence-corrected chi connectivity index (χ4v) is 56.4. The standard InChI is InChI=1S/C10H28O4Si4.C8H24O4Si4.C6H18OSi2.C2H4/c1-9-10-18(8)13-16(4,5)11-15(2,3)12-17(6,7)14-18;1-13(2)9-14(3,4)11-16(7,8)12-15(5,6)10-13;1-8(2,3)7-9(4,5)6;1-2/h9-10H2,1-8H3;1-8H3;1-6H3;1-2H2. The van der Waals surface area contributed by atoms with Gasteiger partial charge in [0, 0.05) is 0 Å². The quantitative estimate of drug-likeness (QED) is 0.204. The molecule has 0 saturated carbocycles. The van der Waals surface area contributed by atoms with E-state index in [9.17, 15) is 0 Å². The highest BCUT2D eigenvalue weighted by atomic mass is 28.5. The predicted molar refractivity (Wildman–Crippen MR) is 217 cm³/mol. The van der Waals surface area contributed by atoms with Crippen LogP contribution in [0.4, 0.5) is 0 Å². The summed E-state index contributed by atoms with van der Waals surface area (Å²) < 4.78 is 55.9. The second-order valence-corrected chi connectivity index (χ2v) is 55.0. The van der Waals surface area contributed by atoms with Crippen molar-refractivity contribution in [2.75, 3.05) is 0 Å². The average molecular weight is 812 g/mol. The summed E-state index contributed by atoms with van der Waals surface area (Å²) in [5, 5.41) is 0. The van der Waals surface area contributed by atoms with E-state index in [4.69, 9.17) is 37.0 Å². The van der Waals surface area contributed by atoms with E-state index in [2.05, 4.69) is 158 Å². The van der Waals surface area contributed by atoms with E-state index in [0.29, 0.717) is 0 Å². The van der Waals surface area contributed by atoms with Gasteiger partial charge in [-0.25, -0.2) is 0 Å². The van der Waals surface area contributed by atoms with E-state index >= 15 is 0 Å². The highest BCUT2D eigenvalue weighted by Gasteiger charge is 2.52. The molecule has 19 heteroatoms. The van der Waals surface area contributed by atoms with Gasteiger partial charge in [0.15, 0.2) is 16.6 Å². The maximum atomic E-state index is 6.40. The summed E-state index contributed by atoms with van der Waals surface area (Å²) in [4.78, 5) is 0. The molecule has 0 bridgehead atoms. The average Bonchev–Trinajstić information content (AvgIpc) is 2.58. The van der Waals surface area contributed by atoms with Gasteiger partial charge in [-0.1, -0.05) is 13.3 Å². The fourth-order valence-electron chi connectivity index (χ4n) is 6.23. The molecule has 0 spiro atoms. The monoisotopic (exact) mass is 810 g/mol. The van der Waals surface area contributed by atoms with Crippen LogP contribution in [0.1, 0.15) is 13.3 Å². The zero-order chi connectivity index (χ0) is 36.8. The van der Waals surface area contributed by atoms with Crippen LogP contribution in [-0.2, 0) is 37.0 Å². The second-order valence-electron chi connectivity index (χ2n) is 16.8. The Labute approximate surface area is 290 Å². The SMILES string of the molecule is C=C.CCC[Si]1(C)O[Si](C)(C)O[Si](C)(C)O[Si](C)(C)O1.C[Si](C)(C)O[Si](C)(C)C.C[Si]1(C)O[Si](C)(C)O[Si](C)(C)O[Si](C)(C)O1. The smallest absolute Gasteiger partial charge is 0.317 e. The summed E-state index contributed by atoms with van der Waals surface area (Å²) in [6, 6.07) is 1.01. The first-order chi connectivity index (χ1) is 19.4. The molecule has 272 valence electrons. The molecule has 45 heavy (non-hydrogen) atoms. The van der Waals surface area contributed by atoms with E-state index in [0.717, 1.165) is 12.5 Å². The van der Waals surface area contributed by atoms with Crippen LogP contribution in [0, 0.1) is 0 Å². The lowest BCUT2D eigenvalue weighted by atomic mass is 10.6. The molecule has 0 unspecified atom stereocenters. The summed E-state index contributed by atoms with van der Waals surface area (Å²) in [5.74, 6) is 0. The van der Waals surface area contributed by atoms with Gasteiger partial charge in [0.05, 0.1) is 0 Å². The van der Waals surface area contributed by atoms with Crippen LogP contribution in [0.3, 0.4) is 0 Å². The normalized spacial score (nSPS) is 25.8. The van der Waals surface area contributed by atoms with E-state index in [1.54, 1.807) is 0 Å². The van der Waals surface area contributed by atoms with Crippen molar-refractivity contribution in [3.8, 4) is 0 Å². The molecule has 9 nitrogen and oxygen atoms in total. The molecular weight excluding hydrogens is 737 g/mol. The van der Waals surface area contributed by atoms with Crippen molar-refractivity contribution in [1.82, 2.24) is 0 Å². The lowest BCUT2D eigenvalue weighted by Gasteiger charge is -2.47. The molecule has 0 aliphatic carbocycles. The van der Waals surface area contributed by atoms with Crippen LogP contribution in [0.5, 0.6) is 0 Å². The molecule has 2 aliphatic rings. The van der Waals surface area contributed by atoms with E-state index in [1.165, 1.54) is 0 Å². The number of hydrogen-bond donors (Lipinski definition) is 0. The summed E-state index contributed by atoms with van der Waals surface area (Å²) in [7, 11) is -19.5. The molecule has 0 aromatic rings. The Morgan fingerprint density at radius 1 is 0.400 bits per heavy atom. The van der Waals surface area contributed by atoms with Crippen molar-refractivity contribution >= 4 is 85.1 Å². The zero-order valence-electron chi connectivity index (χ0n) is 33.5. The van der Waals surface area contributed by atoms with Crippen molar-refractivity contribution in [1.29, 1.82) is 0 Å². The number of rotatable bonds is 4. The van der Waals surface area contributed by atoms with Gasteiger partial charge in [-0.05, 0) is 144 Å². The first-order valence-corrected chi connectivity index (χ1v) is 45.3. The third-order valence-corrected chi connectivity index (χ3v) is 42.5. The summed E-state index contributed by atoms with van der Waals surface area (Å²) in [6.45, 7) is 53.0. The zero-order valence-corrected chi connectivity index (χ0v) is 43.5. The van der Waals surface area contributed by atoms with Gasteiger partial charge in [-0.3, -0.25) is 0 Å². The van der Waals surface area contributed by atoms with E-state index in [1.807, 2.05) is 0 Å². The molecule has 2 rings (SSSR count). The maximum Gasteiger partial charge on any atom is 0.317 e. The van der Waals surface area contributed by atoms with Crippen molar-refractivity contribution in [2.45, 2.75) is 157 Å². The topological polar surface area (TPSA) is 83.1 Å². The van der Waals surface area contributed by atoms with Crippen LogP contribution in [0.2, 0.25) is 144 Å². The highest BCUT2D eigenvalue weighted by Crippen LogP contribution is 2.33. The van der Waals surface area contributed by atoms with Crippen LogP contribution < -0.4 is 0 Å². The van der Waals surface area contributed by atoms with Gasteiger partial charge in [-0.15, -0.1) is 13.2 Å². The van der Waals surface area contributed by atoms with E-state index < -0.39 is 85.1 Å². The van der Waals surface area contributed by atoms with Crippen LogP contribution in [0.15, 0.2) is 13.2 Å². The lowest BCUT2D eigenvalue weighted by molar-refractivity contribution is 0.233. The molecule has 0 radical (unpaired) electrons. The largest absolute Gasteiger partial charge is 0.456 e. The van der Waals surface area contributed by atoms with Gasteiger partial charge in [0.1, 0.15) is 0 Å². The molecule has 0 atom stereocenters. The minimum Gasteiger partial charge on any atom is -0.456 e. The summed E-state index contributed by atoms with van der Waals surface area (Å²) in [5.41, 5.74) is 0. The maximum absolute atomic E-state index is 6.40. The van der Waals surface area contributed by atoms with Gasteiger partial charge in [0.2, 0.25) is 0 Å². The molecule has 0 aromatic carbocycles. The fraction of sp³-hybridized carbons (Fsp3) is 0.923. The first kappa shape index (κ1) is 48.7. The van der Waals surface area contributed by atoms with Gasteiger partial charge in [0.25, 0.3) is 0 Å². The predicted octanol–water partition coefficient (Wildman–Crippen LogP) is 10.0. The Hall–Kier alpha value is 1.55. The third-order valence-electron chi connectivity index (χ3n) is 5.19. The molecule has 2 fully saturated rings. The van der Waals surface area contributed by atoms with Gasteiger partial charge < -0.3 is 37.0 Å². The Morgan fingerprint density at radius 2 is 0.578 bits per heavy atom. The number of hydrogen-bond acceptors (Lipinski definition) is 9. The molecule has 2 heterocycles. The molecule has 2 saturated heterocycles. The highest BCUT2D eigenvalue weighted by molar-refractivity contribution is 6.94. The van der Waals surface area contributed by atoms with E-state index in [-0.39, 0.29) is 0 Å². The van der Waals surface area contributed by atoms with Gasteiger partial charge >= 0.3 is 68.5 Å². The van der Waals surface area contributed by atoms with Crippen LogP contribution >= 0.6 is 0 Å². The van der Waals surface area contributed by atoms with Crippen LogP contribution in [-0.4, -0.2) is 85.1 Å². The van der Waals surface area contributed by atoms with Crippen molar-refractivity contribution in [3.05, 3.63) is 13.2 Å². The minimum atomic E-state index is -2.16. The molecular formula is C26H74O9Si10. The molecule has 0 amide bonds. The Morgan fingerprint density at radius 3 is 0.711 bits per heavy atom. The molecule has 2 aliphatic heterocycles. The Balaban J connectivity index is 0. The molecule has 0 N–H and O–H groups in total. The molecule has 0 aromatic heterocycles. The van der Waals surface area contributed by atoms with Crippen molar-refractivity contribution in [3.63, 3.8) is 0 Å². The van der Waals surface area contributed by atoms with Crippen molar-refractivity contribution in [2.24, 2.45) is 0 Å².